The van der Waals surface area contributed by atoms with Gasteiger partial charge < -0.3 is 10.4 Å². The number of rotatable bonds is 3. The molecule has 0 spiro atoms. The van der Waals surface area contributed by atoms with Crippen LogP contribution >= 0.6 is 0 Å². The molecule has 2 heteroatoms. The number of hydrogen-bond donors (Lipinski definition) is 2. The summed E-state index contributed by atoms with van der Waals surface area (Å²) in [5.41, 5.74) is 2.67. The van der Waals surface area contributed by atoms with Gasteiger partial charge in [0.2, 0.25) is 0 Å². The van der Waals surface area contributed by atoms with E-state index < -0.39 is 0 Å². The number of hydrogen-bond acceptors (Lipinski definition) is 2. The molecule has 2 nitrogen and oxygen atoms in total. The molecule has 0 amide bonds. The van der Waals surface area contributed by atoms with Crippen molar-refractivity contribution in [1.29, 1.82) is 0 Å². The Morgan fingerprint density at radius 1 is 1.47 bits per heavy atom. The van der Waals surface area contributed by atoms with Gasteiger partial charge >= 0.3 is 0 Å². The van der Waals surface area contributed by atoms with E-state index in [9.17, 15) is 5.11 Å². The van der Waals surface area contributed by atoms with Crippen LogP contribution in [0.1, 0.15) is 36.9 Å². The summed E-state index contributed by atoms with van der Waals surface area (Å²) in [4.78, 5) is 0. The summed E-state index contributed by atoms with van der Waals surface area (Å²) in [6, 6.07) is 8.56. The molecule has 1 aromatic carbocycles. The van der Waals surface area contributed by atoms with E-state index in [0.29, 0.717) is 0 Å². The highest BCUT2D eigenvalue weighted by molar-refractivity contribution is 5.33. The second-order valence-electron chi connectivity index (χ2n) is 4.24. The molecule has 0 aromatic heterocycles. The molecule has 2 N–H and O–H groups in total. The lowest BCUT2D eigenvalue weighted by molar-refractivity contribution is 0.114. The maximum Gasteiger partial charge on any atom is 0.0734 e. The predicted octanol–water partition coefficient (Wildman–Crippen LogP) is 2.03. The van der Waals surface area contributed by atoms with Crippen molar-refractivity contribution in [1.82, 2.24) is 5.32 Å². The van der Waals surface area contributed by atoms with Crippen LogP contribution in [0, 0.1) is 0 Å². The molecule has 0 saturated heterocycles. The number of benzene rings is 1. The molecule has 1 aliphatic heterocycles. The van der Waals surface area contributed by atoms with Gasteiger partial charge in [0.05, 0.1) is 12.1 Å². The van der Waals surface area contributed by atoms with E-state index in [-0.39, 0.29) is 12.1 Å². The van der Waals surface area contributed by atoms with Gasteiger partial charge in [-0.1, -0.05) is 37.6 Å². The fourth-order valence-corrected chi connectivity index (χ4v) is 2.34. The fraction of sp³-hybridized carbons (Fsp3) is 0.538. The molecule has 0 fully saturated rings. The van der Waals surface area contributed by atoms with Crippen molar-refractivity contribution < 1.29 is 5.11 Å². The maximum absolute atomic E-state index is 10.1. The van der Waals surface area contributed by atoms with Crippen molar-refractivity contribution in [2.24, 2.45) is 0 Å². The molecule has 2 rings (SSSR count). The lowest BCUT2D eigenvalue weighted by atomic mass is 9.90. The first-order chi connectivity index (χ1) is 7.33. The first-order valence-electron chi connectivity index (χ1n) is 5.82. The first kappa shape index (κ1) is 10.7. The third-order valence-corrected chi connectivity index (χ3v) is 3.12. The summed E-state index contributed by atoms with van der Waals surface area (Å²) >= 11 is 0. The van der Waals surface area contributed by atoms with Crippen LogP contribution in [-0.4, -0.2) is 17.8 Å². The van der Waals surface area contributed by atoms with Gasteiger partial charge in [-0.3, -0.25) is 0 Å². The van der Waals surface area contributed by atoms with E-state index in [1.54, 1.807) is 0 Å². The van der Waals surface area contributed by atoms with Crippen molar-refractivity contribution in [2.75, 3.05) is 6.54 Å². The standard InChI is InChI=1S/C13H19NO/c1-2-5-12(15)13-11-7-4-3-6-10(11)8-9-14-13/h3-4,6-7,12-15H,2,5,8-9H2,1H3. The maximum atomic E-state index is 10.1. The zero-order chi connectivity index (χ0) is 10.7. The highest BCUT2D eigenvalue weighted by Gasteiger charge is 2.24. The first-order valence-corrected chi connectivity index (χ1v) is 5.82. The van der Waals surface area contributed by atoms with Crippen LogP contribution in [0.4, 0.5) is 0 Å². The van der Waals surface area contributed by atoms with E-state index in [0.717, 1.165) is 25.8 Å². The van der Waals surface area contributed by atoms with Gasteiger partial charge in [0.25, 0.3) is 0 Å². The van der Waals surface area contributed by atoms with Crippen LogP contribution in [0.5, 0.6) is 0 Å². The van der Waals surface area contributed by atoms with Gasteiger partial charge in [0.15, 0.2) is 0 Å². The molecular formula is C13H19NO. The van der Waals surface area contributed by atoms with E-state index in [1.807, 2.05) is 0 Å². The summed E-state index contributed by atoms with van der Waals surface area (Å²) < 4.78 is 0. The predicted molar refractivity (Wildman–Crippen MR) is 61.8 cm³/mol. The van der Waals surface area contributed by atoms with Gasteiger partial charge in [0, 0.05) is 0 Å². The average molecular weight is 205 g/mol. The van der Waals surface area contributed by atoms with Gasteiger partial charge in [-0.05, 0) is 30.5 Å². The average Bonchev–Trinajstić information content (AvgIpc) is 2.28. The molecule has 2 unspecified atom stereocenters. The van der Waals surface area contributed by atoms with Gasteiger partial charge in [0.1, 0.15) is 0 Å². The minimum absolute atomic E-state index is 0.134. The van der Waals surface area contributed by atoms with Crippen LogP contribution < -0.4 is 5.32 Å². The molecule has 1 aromatic rings. The number of nitrogens with one attached hydrogen (secondary N) is 1. The third-order valence-electron chi connectivity index (χ3n) is 3.12. The highest BCUT2D eigenvalue weighted by Crippen LogP contribution is 2.26. The van der Waals surface area contributed by atoms with Crippen molar-refractivity contribution in [3.8, 4) is 0 Å². The Hall–Kier alpha value is -0.860. The Kier molecular flexibility index (Phi) is 3.39. The van der Waals surface area contributed by atoms with Gasteiger partial charge in [-0.15, -0.1) is 0 Å². The van der Waals surface area contributed by atoms with Crippen molar-refractivity contribution >= 4 is 0 Å². The zero-order valence-electron chi connectivity index (χ0n) is 9.24. The second-order valence-corrected chi connectivity index (χ2v) is 4.24. The zero-order valence-corrected chi connectivity index (χ0v) is 9.24. The Bertz CT molecular complexity index is 324. The molecular weight excluding hydrogens is 186 g/mol. The number of aliphatic hydroxyl groups excluding tert-OH is 1. The normalized spacial score (nSPS) is 22.1. The minimum atomic E-state index is -0.253. The number of aliphatic hydroxyl groups is 1. The SMILES string of the molecule is CCCC(O)C1NCCc2ccccc21. The molecule has 0 bridgehead atoms. The van der Waals surface area contributed by atoms with E-state index in [2.05, 4.69) is 36.5 Å². The van der Waals surface area contributed by atoms with Crippen molar-refractivity contribution in [2.45, 2.75) is 38.3 Å². The van der Waals surface area contributed by atoms with Crippen LogP contribution in [0.25, 0.3) is 0 Å². The molecule has 1 heterocycles. The number of fused-ring (bicyclic) bond motifs is 1. The summed E-state index contributed by atoms with van der Waals surface area (Å²) in [5.74, 6) is 0. The van der Waals surface area contributed by atoms with Crippen LogP contribution in [-0.2, 0) is 6.42 Å². The molecule has 1 aliphatic rings. The van der Waals surface area contributed by atoms with Crippen LogP contribution in [0.15, 0.2) is 24.3 Å². The quantitative estimate of drug-likeness (QED) is 0.791. The Labute approximate surface area is 91.3 Å². The Morgan fingerprint density at radius 3 is 3.07 bits per heavy atom. The van der Waals surface area contributed by atoms with Gasteiger partial charge in [-0.25, -0.2) is 0 Å². The lowest BCUT2D eigenvalue weighted by Gasteiger charge is -2.30. The Morgan fingerprint density at radius 2 is 2.27 bits per heavy atom. The molecule has 15 heavy (non-hydrogen) atoms. The summed E-state index contributed by atoms with van der Waals surface area (Å²) in [5, 5.41) is 13.5. The van der Waals surface area contributed by atoms with Crippen LogP contribution in [0.3, 0.4) is 0 Å². The van der Waals surface area contributed by atoms with Crippen molar-refractivity contribution in [3.63, 3.8) is 0 Å². The summed E-state index contributed by atoms with van der Waals surface area (Å²) in [7, 11) is 0. The topological polar surface area (TPSA) is 32.3 Å². The van der Waals surface area contributed by atoms with E-state index in [4.69, 9.17) is 0 Å². The molecule has 0 aliphatic carbocycles. The molecule has 82 valence electrons. The smallest absolute Gasteiger partial charge is 0.0734 e. The molecule has 2 atom stereocenters. The largest absolute Gasteiger partial charge is 0.391 e. The highest BCUT2D eigenvalue weighted by atomic mass is 16.3. The van der Waals surface area contributed by atoms with Crippen molar-refractivity contribution in [3.05, 3.63) is 35.4 Å². The fourth-order valence-electron chi connectivity index (χ4n) is 2.34. The summed E-state index contributed by atoms with van der Waals surface area (Å²) in [6.45, 7) is 3.08. The van der Waals surface area contributed by atoms with Gasteiger partial charge in [-0.2, -0.15) is 0 Å². The van der Waals surface area contributed by atoms with E-state index in [1.165, 1.54) is 11.1 Å². The third kappa shape index (κ3) is 2.21. The van der Waals surface area contributed by atoms with E-state index >= 15 is 0 Å². The summed E-state index contributed by atoms with van der Waals surface area (Å²) in [6.07, 6.45) is 2.72. The Balaban J connectivity index is 2.21. The second kappa shape index (κ2) is 4.77. The van der Waals surface area contributed by atoms with Crippen LogP contribution in [0.2, 0.25) is 0 Å². The monoisotopic (exact) mass is 205 g/mol. The lowest BCUT2D eigenvalue weighted by Crippen LogP contribution is -2.37. The molecule has 0 saturated carbocycles. The molecule has 0 radical (unpaired) electrons. The minimum Gasteiger partial charge on any atom is -0.391 e.